The summed E-state index contributed by atoms with van der Waals surface area (Å²) in [5.74, 6) is -0.330. The molecule has 172 valence electrons. The van der Waals surface area contributed by atoms with Crippen molar-refractivity contribution >= 4 is 43.8 Å². The third kappa shape index (κ3) is 3.78. The van der Waals surface area contributed by atoms with Gasteiger partial charge in [0.2, 0.25) is 0 Å². The summed E-state index contributed by atoms with van der Waals surface area (Å²) < 4.78 is 69.5. The van der Waals surface area contributed by atoms with Crippen LogP contribution < -0.4 is 14.9 Å². The molecule has 1 fully saturated rings. The Balaban J connectivity index is 1.62. The standard InChI is InChI=1S/C23H20F3N3O3S/c24-23(25,26)14-7-9-19(29-11-2-1-3-12-29)18(13-14)28-33(31,32)20-10-8-17-21-15(20)5-4-6-16(21)22(30)27-17/h4-10,13,28H,1-3,11-12H2,(H,27,30). The highest BCUT2D eigenvalue weighted by atomic mass is 32.2. The van der Waals surface area contributed by atoms with Gasteiger partial charge < -0.3 is 10.2 Å². The van der Waals surface area contributed by atoms with Gasteiger partial charge in [0.25, 0.3) is 15.9 Å². The van der Waals surface area contributed by atoms with Gasteiger partial charge in [0, 0.05) is 35.1 Å². The summed E-state index contributed by atoms with van der Waals surface area (Å²) in [5, 5.41) is 3.49. The second kappa shape index (κ2) is 7.65. The van der Waals surface area contributed by atoms with Gasteiger partial charge in [-0.15, -0.1) is 0 Å². The van der Waals surface area contributed by atoms with Gasteiger partial charge in [0.15, 0.2) is 0 Å². The number of rotatable bonds is 4. The molecule has 0 spiro atoms. The topological polar surface area (TPSA) is 78.5 Å². The van der Waals surface area contributed by atoms with E-state index in [0.717, 1.165) is 31.4 Å². The number of piperidine rings is 1. The quantitative estimate of drug-likeness (QED) is 0.543. The van der Waals surface area contributed by atoms with Gasteiger partial charge in [0.05, 0.1) is 21.8 Å². The van der Waals surface area contributed by atoms with Crippen LogP contribution in [0, 0.1) is 0 Å². The number of anilines is 3. The first kappa shape index (κ1) is 21.6. The highest BCUT2D eigenvalue weighted by Gasteiger charge is 2.33. The zero-order valence-corrected chi connectivity index (χ0v) is 18.2. The minimum absolute atomic E-state index is 0.110. The van der Waals surface area contributed by atoms with Crippen molar-refractivity contribution in [3.05, 3.63) is 59.7 Å². The number of hydrogen-bond donors (Lipinski definition) is 2. The van der Waals surface area contributed by atoms with E-state index in [1.54, 1.807) is 18.2 Å². The van der Waals surface area contributed by atoms with E-state index in [2.05, 4.69) is 10.0 Å². The number of benzene rings is 3. The number of sulfonamides is 1. The van der Waals surface area contributed by atoms with Crippen molar-refractivity contribution in [2.75, 3.05) is 28.0 Å². The Morgan fingerprint density at radius 1 is 0.970 bits per heavy atom. The van der Waals surface area contributed by atoms with Crippen LogP contribution in [0.4, 0.5) is 30.2 Å². The highest BCUT2D eigenvalue weighted by Crippen LogP contribution is 2.40. The van der Waals surface area contributed by atoms with Gasteiger partial charge in [-0.05, 0) is 55.7 Å². The summed E-state index contributed by atoms with van der Waals surface area (Å²) >= 11 is 0. The SMILES string of the molecule is O=C1Nc2ccc(S(=O)(=O)Nc3cc(C(F)(F)F)ccc3N3CCCCC3)c3cccc1c23. The van der Waals surface area contributed by atoms with Crippen LogP contribution in [0.3, 0.4) is 0 Å². The number of halogens is 3. The van der Waals surface area contributed by atoms with Crippen molar-refractivity contribution in [1.82, 2.24) is 0 Å². The molecule has 10 heteroatoms. The Labute approximate surface area is 188 Å². The molecule has 0 radical (unpaired) electrons. The largest absolute Gasteiger partial charge is 0.416 e. The van der Waals surface area contributed by atoms with Crippen molar-refractivity contribution in [2.24, 2.45) is 0 Å². The summed E-state index contributed by atoms with van der Waals surface area (Å²) in [5.41, 5.74) is 0.208. The molecule has 0 saturated carbocycles. The predicted octanol–water partition coefficient (Wildman–Crippen LogP) is 5.22. The van der Waals surface area contributed by atoms with Crippen LogP contribution in [0.25, 0.3) is 10.8 Å². The van der Waals surface area contributed by atoms with Crippen LogP contribution in [0.1, 0.15) is 35.2 Å². The van der Waals surface area contributed by atoms with Crippen molar-refractivity contribution in [1.29, 1.82) is 0 Å². The van der Waals surface area contributed by atoms with Crippen molar-refractivity contribution in [3.63, 3.8) is 0 Å². The lowest BCUT2D eigenvalue weighted by Crippen LogP contribution is -2.30. The van der Waals surface area contributed by atoms with E-state index >= 15 is 0 Å². The van der Waals surface area contributed by atoms with Crippen molar-refractivity contribution in [3.8, 4) is 0 Å². The van der Waals surface area contributed by atoms with Crippen LogP contribution in [0.5, 0.6) is 0 Å². The molecule has 5 rings (SSSR count). The molecule has 0 aliphatic carbocycles. The molecule has 33 heavy (non-hydrogen) atoms. The minimum Gasteiger partial charge on any atom is -0.370 e. The fourth-order valence-corrected chi connectivity index (χ4v) is 5.77. The third-order valence-corrected chi connectivity index (χ3v) is 7.47. The number of amides is 1. The summed E-state index contributed by atoms with van der Waals surface area (Å²) in [4.78, 5) is 14.0. The number of nitrogens with zero attached hydrogens (tertiary/aromatic N) is 1. The predicted molar refractivity (Wildman–Crippen MR) is 120 cm³/mol. The Morgan fingerprint density at radius 2 is 1.73 bits per heavy atom. The molecule has 1 amide bonds. The average molecular weight is 475 g/mol. The lowest BCUT2D eigenvalue weighted by Gasteiger charge is -2.31. The average Bonchev–Trinajstić information content (AvgIpc) is 3.11. The molecule has 2 N–H and O–H groups in total. The monoisotopic (exact) mass is 475 g/mol. The first-order chi connectivity index (χ1) is 15.6. The third-order valence-electron chi connectivity index (χ3n) is 6.05. The van der Waals surface area contributed by atoms with Crippen LogP contribution in [-0.4, -0.2) is 27.4 Å². The van der Waals surface area contributed by atoms with Crippen molar-refractivity contribution in [2.45, 2.75) is 30.3 Å². The van der Waals surface area contributed by atoms with E-state index in [4.69, 9.17) is 0 Å². The summed E-state index contributed by atoms with van der Waals surface area (Å²) in [6.07, 6.45) is -1.84. The summed E-state index contributed by atoms with van der Waals surface area (Å²) in [6, 6.07) is 10.7. The molecule has 1 saturated heterocycles. The van der Waals surface area contributed by atoms with Crippen molar-refractivity contribution < 1.29 is 26.4 Å². The fourth-order valence-electron chi connectivity index (χ4n) is 4.50. The van der Waals surface area contributed by atoms with E-state index in [-0.39, 0.29) is 16.5 Å². The first-order valence-corrected chi connectivity index (χ1v) is 12.0. The van der Waals surface area contributed by atoms with Gasteiger partial charge in [-0.25, -0.2) is 8.42 Å². The van der Waals surface area contributed by atoms with E-state index < -0.39 is 21.8 Å². The summed E-state index contributed by atoms with van der Waals surface area (Å²) in [7, 11) is -4.27. The molecule has 0 aromatic heterocycles. The Morgan fingerprint density at radius 3 is 2.45 bits per heavy atom. The lowest BCUT2D eigenvalue weighted by atomic mass is 10.1. The van der Waals surface area contributed by atoms with Gasteiger partial charge in [-0.1, -0.05) is 12.1 Å². The second-order valence-electron chi connectivity index (χ2n) is 8.18. The molecule has 0 atom stereocenters. The van der Waals surface area contributed by atoms with Gasteiger partial charge in [-0.2, -0.15) is 13.2 Å². The molecule has 2 aliphatic heterocycles. The molecule has 0 bridgehead atoms. The maximum Gasteiger partial charge on any atom is 0.416 e. The Hall–Kier alpha value is -3.27. The molecule has 3 aromatic carbocycles. The number of hydrogen-bond acceptors (Lipinski definition) is 4. The van der Waals surface area contributed by atoms with E-state index in [1.807, 2.05) is 4.90 Å². The maximum absolute atomic E-state index is 13.4. The number of carbonyl (C=O) groups excluding carboxylic acids is 1. The smallest absolute Gasteiger partial charge is 0.370 e. The zero-order chi connectivity index (χ0) is 23.4. The highest BCUT2D eigenvalue weighted by molar-refractivity contribution is 7.93. The van der Waals surface area contributed by atoms with Crippen LogP contribution in [-0.2, 0) is 16.2 Å². The molecule has 6 nitrogen and oxygen atoms in total. The normalized spacial score (nSPS) is 16.2. The fraction of sp³-hybridized carbons (Fsp3) is 0.261. The molecule has 2 aliphatic rings. The van der Waals surface area contributed by atoms with Gasteiger partial charge in [0.1, 0.15) is 0 Å². The second-order valence-corrected chi connectivity index (χ2v) is 9.83. The summed E-state index contributed by atoms with van der Waals surface area (Å²) in [6.45, 7) is 1.27. The maximum atomic E-state index is 13.4. The Bertz CT molecular complexity index is 1380. The lowest BCUT2D eigenvalue weighted by molar-refractivity contribution is -0.137. The van der Waals surface area contributed by atoms with Crippen LogP contribution >= 0.6 is 0 Å². The first-order valence-electron chi connectivity index (χ1n) is 10.5. The van der Waals surface area contributed by atoms with E-state index in [0.29, 0.717) is 40.8 Å². The van der Waals surface area contributed by atoms with E-state index in [1.165, 1.54) is 18.2 Å². The Kier molecular flexibility index (Phi) is 5.00. The molecule has 2 heterocycles. The number of carbonyl (C=O) groups is 1. The van der Waals surface area contributed by atoms with Gasteiger partial charge in [-0.3, -0.25) is 9.52 Å². The van der Waals surface area contributed by atoms with E-state index in [9.17, 15) is 26.4 Å². The molecular formula is C23H20F3N3O3S. The number of nitrogens with one attached hydrogen (secondary N) is 2. The number of alkyl halides is 3. The molecule has 0 unspecified atom stereocenters. The molecule has 3 aromatic rings. The van der Waals surface area contributed by atoms with Crippen LogP contribution in [0.15, 0.2) is 53.4 Å². The molecular weight excluding hydrogens is 455 g/mol. The minimum atomic E-state index is -4.62. The van der Waals surface area contributed by atoms with Crippen LogP contribution in [0.2, 0.25) is 0 Å². The van der Waals surface area contributed by atoms with Gasteiger partial charge >= 0.3 is 6.18 Å². The zero-order valence-electron chi connectivity index (χ0n) is 17.4.